The lowest BCUT2D eigenvalue weighted by molar-refractivity contribution is -0.147. The van der Waals surface area contributed by atoms with Gasteiger partial charge in [0.15, 0.2) is 0 Å². The molecule has 200 valence electrons. The molecule has 0 spiro atoms. The average molecular weight is 580 g/mol. The summed E-state index contributed by atoms with van der Waals surface area (Å²) in [5.41, 5.74) is 5.70. The molecule has 2 amide bonds. The summed E-state index contributed by atoms with van der Waals surface area (Å²) < 4.78 is 25.4. The molecule has 4 saturated carbocycles. The molecule has 4 aliphatic carbocycles. The van der Waals surface area contributed by atoms with E-state index in [1.807, 2.05) is 6.92 Å². The number of halogens is 3. The number of benzene rings is 1. The van der Waals surface area contributed by atoms with E-state index < -0.39 is 16.4 Å². The van der Waals surface area contributed by atoms with Gasteiger partial charge in [-0.2, -0.15) is 4.31 Å². The molecule has 1 heterocycles. The van der Waals surface area contributed by atoms with Gasteiger partial charge >= 0.3 is 0 Å². The lowest BCUT2D eigenvalue weighted by Crippen LogP contribution is -2.62. The van der Waals surface area contributed by atoms with Crippen LogP contribution in [0.2, 0.25) is 15.1 Å². The predicted molar refractivity (Wildman–Crippen MR) is 144 cm³/mol. The van der Waals surface area contributed by atoms with E-state index in [-0.39, 0.29) is 58.6 Å². The molecular weight excluding hydrogens is 547 g/mol. The minimum Gasteiger partial charge on any atom is -0.369 e. The third kappa shape index (κ3) is 4.70. The highest BCUT2D eigenvalue weighted by atomic mass is 35.5. The zero-order chi connectivity index (χ0) is 26.0. The molecule has 3 atom stereocenters. The fourth-order valence-corrected chi connectivity index (χ4v) is 10.4. The van der Waals surface area contributed by atoms with Gasteiger partial charge in [0.1, 0.15) is 0 Å². The van der Waals surface area contributed by atoms with Gasteiger partial charge in [-0.1, -0.05) is 52.7 Å². The number of rotatable bonds is 6. The van der Waals surface area contributed by atoms with E-state index in [4.69, 9.17) is 40.5 Å². The van der Waals surface area contributed by atoms with Crippen molar-refractivity contribution in [3.63, 3.8) is 0 Å². The summed E-state index contributed by atoms with van der Waals surface area (Å²) >= 11 is 18.8. The zero-order valence-electron chi connectivity index (χ0n) is 20.1. The largest absolute Gasteiger partial charge is 0.369 e. The van der Waals surface area contributed by atoms with Crippen molar-refractivity contribution >= 4 is 63.3 Å². The molecule has 1 aromatic rings. The second-order valence-electron chi connectivity index (χ2n) is 11.2. The van der Waals surface area contributed by atoms with Crippen molar-refractivity contribution in [2.75, 3.05) is 23.9 Å². The highest BCUT2D eigenvalue weighted by Gasteiger charge is 2.58. The van der Waals surface area contributed by atoms with Gasteiger partial charge in [0.2, 0.25) is 11.8 Å². The summed E-state index contributed by atoms with van der Waals surface area (Å²) in [6.07, 6.45) is 4.57. The van der Waals surface area contributed by atoms with Gasteiger partial charge < -0.3 is 11.1 Å². The van der Waals surface area contributed by atoms with Crippen LogP contribution >= 0.6 is 45.8 Å². The highest BCUT2D eigenvalue weighted by Crippen LogP contribution is 2.60. The molecule has 3 unspecified atom stereocenters. The van der Waals surface area contributed by atoms with Gasteiger partial charge in [-0.3, -0.25) is 23.0 Å². The summed E-state index contributed by atoms with van der Waals surface area (Å²) in [6, 6.07) is 3.08. The first-order chi connectivity index (χ1) is 16.9. The van der Waals surface area contributed by atoms with Crippen LogP contribution in [0, 0.1) is 29.1 Å². The van der Waals surface area contributed by atoms with Crippen molar-refractivity contribution in [1.82, 2.24) is 9.62 Å². The molecule has 1 aromatic carbocycles. The van der Waals surface area contributed by atoms with Crippen LogP contribution in [0.5, 0.6) is 0 Å². The minimum atomic E-state index is -3.45. The molecule has 6 rings (SSSR count). The quantitative estimate of drug-likeness (QED) is 0.369. The van der Waals surface area contributed by atoms with E-state index in [0.717, 1.165) is 32.1 Å². The van der Waals surface area contributed by atoms with Gasteiger partial charge in [0.25, 0.3) is 0 Å². The summed E-state index contributed by atoms with van der Waals surface area (Å²) in [5, 5.41) is 4.04. The predicted octanol–water partition coefficient (Wildman–Crippen LogP) is 5.17. The van der Waals surface area contributed by atoms with E-state index in [0.29, 0.717) is 29.7 Å². The first kappa shape index (κ1) is 26.7. The third-order valence-corrected chi connectivity index (χ3v) is 11.3. The Hall–Kier alpha value is -0.940. The van der Waals surface area contributed by atoms with Gasteiger partial charge in [0.05, 0.1) is 15.7 Å². The summed E-state index contributed by atoms with van der Waals surface area (Å²) in [4.78, 5) is 25.2. The Labute approximate surface area is 228 Å². The van der Waals surface area contributed by atoms with Crippen molar-refractivity contribution < 1.29 is 18.7 Å². The van der Waals surface area contributed by atoms with Crippen LogP contribution in [-0.4, -0.2) is 50.9 Å². The number of carbonyl (C=O) groups is 2. The van der Waals surface area contributed by atoms with Crippen LogP contribution in [0.1, 0.15) is 45.4 Å². The molecule has 8 nitrogen and oxygen atoms in total. The maximum atomic E-state index is 13.0. The second-order valence-corrected chi connectivity index (χ2v) is 14.4. The molecule has 12 heteroatoms. The number of hydrogen-bond acceptors (Lipinski definition) is 6. The normalized spacial score (nSPS) is 36.1. The van der Waals surface area contributed by atoms with E-state index in [2.05, 4.69) is 5.32 Å². The number of nitrogens with one attached hydrogen (secondary N) is 1. The average Bonchev–Trinajstić information content (AvgIpc) is 2.76. The van der Waals surface area contributed by atoms with Crippen molar-refractivity contribution in [2.45, 2.75) is 51.5 Å². The van der Waals surface area contributed by atoms with Crippen LogP contribution in [0.25, 0.3) is 0 Å². The van der Waals surface area contributed by atoms with E-state index in [1.165, 1.54) is 16.4 Å². The van der Waals surface area contributed by atoms with Crippen molar-refractivity contribution in [3.05, 3.63) is 27.2 Å². The topological polar surface area (TPSA) is 119 Å². The first-order valence-corrected chi connectivity index (χ1v) is 15.0. The molecule has 0 radical (unpaired) electrons. The van der Waals surface area contributed by atoms with Crippen molar-refractivity contribution in [2.24, 2.45) is 34.8 Å². The number of amides is 2. The van der Waals surface area contributed by atoms with Crippen LogP contribution in [0.3, 0.4) is 0 Å². The smallest absolute Gasteiger partial charge is 0.223 e. The molecule has 1 aliphatic heterocycles. The molecular formula is C24H33Cl3N4O4S. The standard InChI is InChI=1S/C24H33Cl3N4O4S/c1-13-11-30(36(34,35)31(12-13)22-18(26)6-17(25)7-19(22)27)3-2-20(32)29-21-15-4-14-5-16(21)10-24(8-14,9-15)23(28)33/h6-7,13-16,21,34-35H,2-5,8-12H2,1H3,(H2,28,33)(H,29,32). The third-order valence-electron chi connectivity index (χ3n) is 8.58. The first-order valence-electron chi connectivity index (χ1n) is 12.4. The van der Waals surface area contributed by atoms with Crippen LogP contribution in [0.4, 0.5) is 5.69 Å². The van der Waals surface area contributed by atoms with Crippen molar-refractivity contribution in [3.8, 4) is 0 Å². The van der Waals surface area contributed by atoms with E-state index in [1.54, 1.807) is 4.31 Å². The van der Waals surface area contributed by atoms with Gasteiger partial charge in [-0.15, -0.1) is 0 Å². The maximum Gasteiger partial charge on any atom is 0.223 e. The Morgan fingerprint density at radius 1 is 1.11 bits per heavy atom. The highest BCUT2D eigenvalue weighted by molar-refractivity contribution is 8.23. The number of nitrogens with zero attached hydrogens (tertiary/aromatic N) is 2. The molecule has 5 N–H and O–H groups in total. The van der Waals surface area contributed by atoms with Crippen molar-refractivity contribution in [1.29, 1.82) is 0 Å². The number of primary amides is 1. The maximum absolute atomic E-state index is 13.0. The molecule has 4 bridgehead atoms. The number of carbonyl (C=O) groups excluding carboxylic acids is 2. The Morgan fingerprint density at radius 2 is 1.72 bits per heavy atom. The van der Waals surface area contributed by atoms with Gasteiger partial charge in [-0.25, -0.2) is 0 Å². The lowest BCUT2D eigenvalue weighted by Gasteiger charge is -2.58. The Kier molecular flexibility index (Phi) is 7.16. The second kappa shape index (κ2) is 9.67. The molecule has 5 aliphatic rings. The monoisotopic (exact) mass is 578 g/mol. The molecule has 1 saturated heterocycles. The Balaban J connectivity index is 1.25. The minimum absolute atomic E-state index is 0.0466. The number of anilines is 1. The fourth-order valence-electron chi connectivity index (χ4n) is 7.27. The van der Waals surface area contributed by atoms with Crippen LogP contribution < -0.4 is 15.4 Å². The number of hydrogen-bond donors (Lipinski definition) is 4. The molecule has 36 heavy (non-hydrogen) atoms. The van der Waals surface area contributed by atoms with Gasteiger partial charge in [-0.05, 0) is 67.9 Å². The SMILES string of the molecule is CC1CN(CCC(=O)NC2C3CC4CC2CC(C(N)=O)(C4)C3)S(O)(O)N(c2c(Cl)cc(Cl)cc2Cl)C1. The summed E-state index contributed by atoms with van der Waals surface area (Å²) in [6.45, 7) is 2.94. The van der Waals surface area contributed by atoms with E-state index in [9.17, 15) is 18.7 Å². The zero-order valence-corrected chi connectivity index (χ0v) is 23.2. The Bertz CT molecular complexity index is 1040. The molecule has 5 fully saturated rings. The number of nitrogens with two attached hydrogens (primary N) is 1. The lowest BCUT2D eigenvalue weighted by atomic mass is 9.47. The van der Waals surface area contributed by atoms with Crippen LogP contribution in [-0.2, 0) is 9.59 Å². The summed E-state index contributed by atoms with van der Waals surface area (Å²) in [7, 11) is -3.45. The van der Waals surface area contributed by atoms with Gasteiger partial charge in [0, 0.05) is 42.5 Å². The van der Waals surface area contributed by atoms with E-state index >= 15 is 0 Å². The summed E-state index contributed by atoms with van der Waals surface area (Å²) in [5.74, 6) is 0.818. The fraction of sp³-hybridized carbons (Fsp3) is 0.667. The molecule has 0 aromatic heterocycles. The Morgan fingerprint density at radius 3 is 2.31 bits per heavy atom. The van der Waals surface area contributed by atoms with Crippen LogP contribution in [0.15, 0.2) is 12.1 Å².